The fourth-order valence-electron chi connectivity index (χ4n) is 3.61. The molecule has 33 heavy (non-hydrogen) atoms. The van der Waals surface area contributed by atoms with Gasteiger partial charge in [-0.25, -0.2) is 9.97 Å². The lowest BCUT2D eigenvalue weighted by Crippen LogP contribution is -2.24. The van der Waals surface area contributed by atoms with Crippen LogP contribution in [0.3, 0.4) is 0 Å². The van der Waals surface area contributed by atoms with Gasteiger partial charge < -0.3 is 9.88 Å². The molecule has 0 saturated carbocycles. The van der Waals surface area contributed by atoms with Gasteiger partial charge in [0.05, 0.1) is 29.6 Å². The fourth-order valence-corrected chi connectivity index (χ4v) is 3.61. The number of carbonyl (C=O) groups is 1. The highest BCUT2D eigenvalue weighted by Crippen LogP contribution is 2.23. The molecule has 0 aromatic carbocycles. The Bertz CT molecular complexity index is 1420. The molecule has 5 rings (SSSR count). The average molecular weight is 438 g/mol. The molecule has 9 nitrogen and oxygen atoms in total. The van der Waals surface area contributed by atoms with Gasteiger partial charge in [-0.05, 0) is 43.7 Å². The zero-order chi connectivity index (χ0) is 22.8. The van der Waals surface area contributed by atoms with Gasteiger partial charge in [0.2, 0.25) is 0 Å². The lowest BCUT2D eigenvalue weighted by molar-refractivity contribution is 0.0947. The summed E-state index contributed by atoms with van der Waals surface area (Å²) >= 11 is 0. The van der Waals surface area contributed by atoms with Crippen molar-refractivity contribution in [2.45, 2.75) is 26.9 Å². The zero-order valence-corrected chi connectivity index (χ0v) is 18.3. The van der Waals surface area contributed by atoms with Crippen molar-refractivity contribution < 1.29 is 4.79 Å². The van der Waals surface area contributed by atoms with E-state index < -0.39 is 0 Å². The molecule has 0 aliphatic rings. The molecule has 0 bridgehead atoms. The summed E-state index contributed by atoms with van der Waals surface area (Å²) in [4.78, 5) is 35.0. The largest absolute Gasteiger partial charge is 0.345 e. The van der Waals surface area contributed by atoms with Crippen LogP contribution in [0.1, 0.15) is 33.3 Å². The summed E-state index contributed by atoms with van der Waals surface area (Å²) in [6.45, 7) is 4.77. The minimum atomic E-state index is -0.278. The fraction of sp³-hybridized carbons (Fsp3) is 0.167. The summed E-state index contributed by atoms with van der Waals surface area (Å²) < 4.78 is 3.95. The Morgan fingerprint density at radius 3 is 2.67 bits per heavy atom. The van der Waals surface area contributed by atoms with Crippen molar-refractivity contribution in [2.24, 2.45) is 0 Å². The van der Waals surface area contributed by atoms with Gasteiger partial charge in [-0.15, -0.1) is 0 Å². The van der Waals surface area contributed by atoms with Gasteiger partial charge in [-0.1, -0.05) is 6.07 Å². The van der Waals surface area contributed by atoms with E-state index in [-0.39, 0.29) is 12.5 Å². The van der Waals surface area contributed by atoms with Gasteiger partial charge in [0.1, 0.15) is 11.5 Å². The molecule has 0 aliphatic carbocycles. The average Bonchev–Trinajstić information content (AvgIpc) is 3.40. The second-order valence-corrected chi connectivity index (χ2v) is 7.73. The van der Waals surface area contributed by atoms with Gasteiger partial charge in [0.15, 0.2) is 11.5 Å². The Hall–Kier alpha value is -4.40. The molecular weight excluding hydrogens is 416 g/mol. The zero-order valence-electron chi connectivity index (χ0n) is 18.3. The van der Waals surface area contributed by atoms with E-state index in [0.717, 1.165) is 17.1 Å². The Labute approximate surface area is 190 Å². The van der Waals surface area contributed by atoms with Crippen LogP contribution in [0.2, 0.25) is 0 Å². The molecule has 5 heterocycles. The van der Waals surface area contributed by atoms with E-state index in [9.17, 15) is 4.79 Å². The van der Waals surface area contributed by atoms with Crippen LogP contribution in [0.15, 0.2) is 67.5 Å². The Morgan fingerprint density at radius 2 is 1.88 bits per heavy atom. The maximum atomic E-state index is 13.0. The highest BCUT2D eigenvalue weighted by Gasteiger charge is 2.20. The normalized spacial score (nSPS) is 11.1. The second-order valence-electron chi connectivity index (χ2n) is 7.73. The van der Waals surface area contributed by atoms with Crippen LogP contribution in [0.4, 0.5) is 0 Å². The van der Waals surface area contributed by atoms with Crippen molar-refractivity contribution in [2.75, 3.05) is 0 Å². The highest BCUT2D eigenvalue weighted by molar-refractivity contribution is 5.99. The van der Waals surface area contributed by atoms with Crippen molar-refractivity contribution in [3.8, 4) is 11.5 Å². The highest BCUT2D eigenvalue weighted by atomic mass is 16.1. The molecule has 1 N–H and O–H groups in total. The number of fused-ring (bicyclic) bond motifs is 1. The van der Waals surface area contributed by atoms with Crippen LogP contribution in [-0.2, 0) is 13.1 Å². The number of imidazole rings is 2. The van der Waals surface area contributed by atoms with E-state index in [0.29, 0.717) is 35.0 Å². The topological polar surface area (TPSA) is 103 Å². The van der Waals surface area contributed by atoms with Crippen LogP contribution in [0, 0.1) is 13.8 Å². The third kappa shape index (κ3) is 4.20. The first-order valence-electron chi connectivity index (χ1n) is 10.5. The number of aryl methyl sites for hydroxylation is 2. The van der Waals surface area contributed by atoms with Crippen molar-refractivity contribution in [1.29, 1.82) is 0 Å². The molecule has 0 atom stereocenters. The van der Waals surface area contributed by atoms with Crippen molar-refractivity contribution in [3.05, 3.63) is 96.0 Å². The summed E-state index contributed by atoms with van der Waals surface area (Å²) in [5.74, 6) is 1.20. The predicted octanol–water partition coefficient (Wildman–Crippen LogP) is 2.98. The first-order valence-corrected chi connectivity index (χ1v) is 10.5. The summed E-state index contributed by atoms with van der Waals surface area (Å²) in [5, 5.41) is 2.89. The van der Waals surface area contributed by atoms with E-state index in [1.165, 1.54) is 0 Å². The van der Waals surface area contributed by atoms with Crippen molar-refractivity contribution >= 4 is 11.4 Å². The molecule has 0 spiro atoms. The summed E-state index contributed by atoms with van der Waals surface area (Å²) in [6, 6.07) is 9.62. The van der Waals surface area contributed by atoms with E-state index in [1.807, 2.05) is 61.0 Å². The molecular formula is C24H22N8O. The van der Waals surface area contributed by atoms with Crippen LogP contribution in [0.25, 0.3) is 17.0 Å². The summed E-state index contributed by atoms with van der Waals surface area (Å²) in [5.41, 5.74) is 4.39. The molecule has 0 unspecified atom stereocenters. The molecule has 0 fully saturated rings. The number of nitrogens with zero attached hydrogens (tertiary/aromatic N) is 7. The first-order chi connectivity index (χ1) is 16.1. The van der Waals surface area contributed by atoms with E-state index in [1.54, 1.807) is 24.8 Å². The van der Waals surface area contributed by atoms with Gasteiger partial charge in [0, 0.05) is 37.5 Å². The molecule has 0 aliphatic heterocycles. The standard InChI is InChI=1S/C24H22N8O/c1-16-11-27-19(12-26-16)13-28-24(33)22-21-5-3-4-10-32(21)23(30-22)20-15-31(17(2)29-20)14-18-6-8-25-9-7-18/h3-12,15H,13-14H2,1-2H3,(H,28,33). The number of nitrogens with one attached hydrogen (secondary N) is 1. The number of rotatable bonds is 6. The van der Waals surface area contributed by atoms with Gasteiger partial charge in [0.25, 0.3) is 5.91 Å². The first kappa shape index (κ1) is 20.5. The SMILES string of the molecule is Cc1cnc(CNC(=O)c2nc(-c3cn(Cc4ccncc4)c(C)n3)n3ccccc23)cn1. The van der Waals surface area contributed by atoms with Gasteiger partial charge in [-0.3, -0.25) is 24.1 Å². The molecule has 5 aromatic heterocycles. The summed E-state index contributed by atoms with van der Waals surface area (Å²) in [6.07, 6.45) is 10.7. The van der Waals surface area contributed by atoms with Crippen LogP contribution in [0.5, 0.6) is 0 Å². The number of amides is 1. The molecule has 0 radical (unpaired) electrons. The molecule has 164 valence electrons. The van der Waals surface area contributed by atoms with Gasteiger partial charge in [-0.2, -0.15) is 0 Å². The third-order valence-electron chi connectivity index (χ3n) is 5.34. The second kappa shape index (κ2) is 8.62. The monoisotopic (exact) mass is 438 g/mol. The van der Waals surface area contributed by atoms with E-state index in [4.69, 9.17) is 4.98 Å². The predicted molar refractivity (Wildman–Crippen MR) is 122 cm³/mol. The van der Waals surface area contributed by atoms with Crippen LogP contribution < -0.4 is 5.32 Å². The maximum Gasteiger partial charge on any atom is 0.272 e. The Kier molecular flexibility index (Phi) is 5.35. The van der Waals surface area contributed by atoms with Crippen molar-refractivity contribution in [1.82, 2.24) is 39.2 Å². The molecule has 9 heteroatoms. The maximum absolute atomic E-state index is 13.0. The molecule has 5 aromatic rings. The smallest absolute Gasteiger partial charge is 0.272 e. The quantitative estimate of drug-likeness (QED) is 0.437. The molecule has 1 amide bonds. The molecule has 0 saturated heterocycles. The lowest BCUT2D eigenvalue weighted by atomic mass is 10.3. The summed E-state index contributed by atoms with van der Waals surface area (Å²) in [7, 11) is 0. The minimum Gasteiger partial charge on any atom is -0.345 e. The lowest BCUT2D eigenvalue weighted by Gasteiger charge is -2.03. The number of hydrogen-bond donors (Lipinski definition) is 1. The number of pyridine rings is 2. The third-order valence-corrected chi connectivity index (χ3v) is 5.34. The van der Waals surface area contributed by atoms with E-state index in [2.05, 4.69) is 29.8 Å². The minimum absolute atomic E-state index is 0.271. The number of carbonyl (C=O) groups excluding carboxylic acids is 1. The van der Waals surface area contributed by atoms with E-state index >= 15 is 0 Å². The van der Waals surface area contributed by atoms with Crippen LogP contribution >= 0.6 is 0 Å². The van der Waals surface area contributed by atoms with Crippen molar-refractivity contribution in [3.63, 3.8) is 0 Å². The number of aromatic nitrogens is 7. The Morgan fingerprint density at radius 1 is 1.03 bits per heavy atom. The van der Waals surface area contributed by atoms with Crippen LogP contribution in [-0.4, -0.2) is 39.8 Å². The van der Waals surface area contributed by atoms with Gasteiger partial charge >= 0.3 is 0 Å². The number of hydrogen-bond acceptors (Lipinski definition) is 6. The Balaban J connectivity index is 1.45.